The minimum atomic E-state index is -7.21. The van der Waals surface area contributed by atoms with Crippen LogP contribution in [0, 0.1) is 0 Å². The van der Waals surface area contributed by atoms with Crippen molar-refractivity contribution in [2.24, 2.45) is 0 Å². The number of hydrogen-bond donors (Lipinski definition) is 0. The van der Waals surface area contributed by atoms with Crippen LogP contribution in [0.4, 0.5) is 57.1 Å². The Morgan fingerprint density at radius 2 is 0.917 bits per heavy atom. The number of alkyl halides is 13. The highest BCUT2D eigenvalue weighted by molar-refractivity contribution is 5.31. The summed E-state index contributed by atoms with van der Waals surface area (Å²) >= 11 is 0. The van der Waals surface area contributed by atoms with E-state index < -0.39 is 47.8 Å². The average Bonchev–Trinajstić information content (AvgIpc) is 2.18. The molecule has 0 aromatic carbocycles. The summed E-state index contributed by atoms with van der Waals surface area (Å²) in [6.07, 6.45) is -30.1. The van der Waals surface area contributed by atoms with Crippen LogP contribution in [0.2, 0.25) is 0 Å². The van der Waals surface area contributed by atoms with Crippen molar-refractivity contribution in [3.63, 3.8) is 0 Å². The Morgan fingerprint density at radius 3 is 1.08 bits per heavy atom. The van der Waals surface area contributed by atoms with E-state index in [1.165, 1.54) is 0 Å². The van der Waals surface area contributed by atoms with Crippen molar-refractivity contribution in [2.75, 3.05) is 0 Å². The molecular formula is C10H7F13O. The minimum Gasteiger partial charge on any atom is -0.491 e. The summed E-state index contributed by atoms with van der Waals surface area (Å²) in [4.78, 5) is 0. The lowest BCUT2D eigenvalue weighted by Crippen LogP contribution is -2.57. The maximum atomic E-state index is 13.7. The van der Waals surface area contributed by atoms with Crippen molar-refractivity contribution < 1.29 is 61.8 Å². The first-order valence-corrected chi connectivity index (χ1v) is 5.55. The minimum absolute atomic E-state index is 0.511. The van der Waals surface area contributed by atoms with Gasteiger partial charge < -0.3 is 4.74 Å². The quantitative estimate of drug-likeness (QED) is 0.449. The van der Waals surface area contributed by atoms with Gasteiger partial charge in [0.05, 0.1) is 6.10 Å². The van der Waals surface area contributed by atoms with Crippen LogP contribution < -0.4 is 0 Å². The van der Waals surface area contributed by atoms with Crippen LogP contribution in [-0.2, 0) is 4.74 Å². The van der Waals surface area contributed by atoms with Crippen LogP contribution in [0.25, 0.3) is 0 Å². The van der Waals surface area contributed by atoms with Gasteiger partial charge in [-0.3, -0.25) is 0 Å². The number of allylic oxidation sites excluding steroid dienone is 2. The third kappa shape index (κ3) is 4.37. The van der Waals surface area contributed by atoms with E-state index in [1.54, 1.807) is 0 Å². The molecular weight excluding hydrogens is 383 g/mol. The van der Waals surface area contributed by atoms with Crippen molar-refractivity contribution in [3.8, 4) is 0 Å². The third-order valence-electron chi connectivity index (χ3n) is 2.24. The van der Waals surface area contributed by atoms with E-state index in [9.17, 15) is 57.1 Å². The maximum Gasteiger partial charge on any atom is 0.439 e. The fourth-order valence-corrected chi connectivity index (χ4v) is 1.38. The lowest BCUT2D eigenvalue weighted by molar-refractivity contribution is -0.339. The van der Waals surface area contributed by atoms with E-state index in [2.05, 4.69) is 4.74 Å². The summed E-state index contributed by atoms with van der Waals surface area (Å²) in [5.74, 6) is -3.96. The second-order valence-corrected chi connectivity index (χ2v) is 4.52. The molecule has 0 fully saturated rings. The fourth-order valence-electron chi connectivity index (χ4n) is 1.38. The largest absolute Gasteiger partial charge is 0.491 e. The standard InChI is InChI=1S/C10H7F13O/c1-3(2)24-5(4(7(12,13)14)8(15,16)17)6(11,9(18,19)20)10(21,22)23/h3H,1-2H3. The third-order valence-corrected chi connectivity index (χ3v) is 2.24. The van der Waals surface area contributed by atoms with Crippen molar-refractivity contribution in [2.45, 2.75) is 50.3 Å². The smallest absolute Gasteiger partial charge is 0.439 e. The Morgan fingerprint density at radius 1 is 0.625 bits per heavy atom. The zero-order valence-electron chi connectivity index (χ0n) is 11.4. The Balaban J connectivity index is 7.15. The zero-order chi connectivity index (χ0) is 19.9. The zero-order valence-corrected chi connectivity index (χ0v) is 11.4. The highest BCUT2D eigenvalue weighted by atomic mass is 19.4. The van der Waals surface area contributed by atoms with Gasteiger partial charge in [-0.25, -0.2) is 4.39 Å². The second-order valence-electron chi connectivity index (χ2n) is 4.52. The molecule has 0 bridgehead atoms. The molecule has 14 heteroatoms. The van der Waals surface area contributed by atoms with Gasteiger partial charge in [-0.05, 0) is 13.8 Å². The fraction of sp³-hybridized carbons (Fsp3) is 0.800. The molecule has 0 aliphatic carbocycles. The monoisotopic (exact) mass is 390 g/mol. The molecule has 0 rings (SSSR count). The van der Waals surface area contributed by atoms with Gasteiger partial charge in [-0.15, -0.1) is 0 Å². The van der Waals surface area contributed by atoms with E-state index in [-0.39, 0.29) is 0 Å². The van der Waals surface area contributed by atoms with E-state index in [4.69, 9.17) is 0 Å². The molecule has 0 N–H and O–H groups in total. The Kier molecular flexibility index (Phi) is 5.82. The summed E-state index contributed by atoms with van der Waals surface area (Å²) in [7, 11) is 0. The van der Waals surface area contributed by atoms with Gasteiger partial charge in [-0.2, -0.15) is 52.7 Å². The lowest BCUT2D eigenvalue weighted by atomic mass is 9.96. The molecule has 0 radical (unpaired) electrons. The molecule has 144 valence electrons. The topological polar surface area (TPSA) is 9.23 Å². The summed E-state index contributed by atoms with van der Waals surface area (Å²) < 4.78 is 167. The van der Waals surface area contributed by atoms with E-state index >= 15 is 0 Å². The first-order valence-electron chi connectivity index (χ1n) is 5.55. The van der Waals surface area contributed by atoms with Gasteiger partial charge in [0, 0.05) is 0 Å². The Bertz CT molecular complexity index is 443. The average molecular weight is 390 g/mol. The molecule has 0 aromatic heterocycles. The molecule has 0 saturated carbocycles. The first kappa shape index (κ1) is 22.6. The highest BCUT2D eigenvalue weighted by Gasteiger charge is 2.78. The van der Waals surface area contributed by atoms with Gasteiger partial charge in [0.25, 0.3) is 0 Å². The number of hydrogen-bond acceptors (Lipinski definition) is 1. The van der Waals surface area contributed by atoms with Gasteiger partial charge in [-0.1, -0.05) is 0 Å². The van der Waals surface area contributed by atoms with Crippen LogP contribution in [0.5, 0.6) is 0 Å². The Labute approximate surface area is 125 Å². The van der Waals surface area contributed by atoms with Crippen molar-refractivity contribution in [3.05, 3.63) is 11.3 Å². The summed E-state index contributed by atoms with van der Waals surface area (Å²) in [6.45, 7) is 1.02. The molecule has 0 unspecified atom stereocenters. The van der Waals surface area contributed by atoms with Crippen LogP contribution in [0.15, 0.2) is 11.3 Å². The van der Waals surface area contributed by atoms with E-state index in [0.717, 1.165) is 0 Å². The number of rotatable bonds is 3. The molecule has 0 spiro atoms. The second kappa shape index (κ2) is 6.17. The van der Waals surface area contributed by atoms with Crippen molar-refractivity contribution in [1.82, 2.24) is 0 Å². The maximum absolute atomic E-state index is 13.7. The molecule has 0 atom stereocenters. The number of halogens is 13. The van der Waals surface area contributed by atoms with Crippen molar-refractivity contribution >= 4 is 0 Å². The first-order chi connectivity index (χ1) is 10.2. The summed E-state index contributed by atoms with van der Waals surface area (Å²) in [5, 5.41) is 0. The molecule has 0 saturated heterocycles. The summed E-state index contributed by atoms with van der Waals surface area (Å²) in [5.41, 5.74) is -11.4. The molecule has 0 aromatic rings. The number of ether oxygens (including phenoxy) is 1. The molecule has 0 aliphatic rings. The normalized spacial score (nSPS) is 14.8. The van der Waals surface area contributed by atoms with Crippen LogP contribution in [-0.4, -0.2) is 36.5 Å². The SMILES string of the molecule is CC(C)OC(=C(C(F)(F)F)C(F)(F)F)C(F)(C(F)(F)F)C(F)(F)F. The van der Waals surface area contributed by atoms with E-state index in [1.807, 2.05) is 0 Å². The summed E-state index contributed by atoms with van der Waals surface area (Å²) in [6, 6.07) is 0. The molecule has 24 heavy (non-hydrogen) atoms. The lowest BCUT2D eigenvalue weighted by Gasteiger charge is -2.34. The molecule has 0 amide bonds. The predicted octanol–water partition coefficient (Wildman–Crippen LogP) is 5.62. The van der Waals surface area contributed by atoms with Gasteiger partial charge in [0.15, 0.2) is 11.3 Å². The van der Waals surface area contributed by atoms with Crippen LogP contribution in [0.3, 0.4) is 0 Å². The molecule has 0 heterocycles. The predicted molar refractivity (Wildman–Crippen MR) is 51.3 cm³/mol. The Hall–Kier alpha value is -1.37. The molecule has 1 nitrogen and oxygen atoms in total. The van der Waals surface area contributed by atoms with Gasteiger partial charge >= 0.3 is 30.4 Å². The van der Waals surface area contributed by atoms with Crippen LogP contribution >= 0.6 is 0 Å². The van der Waals surface area contributed by atoms with Crippen LogP contribution in [0.1, 0.15) is 13.8 Å². The van der Waals surface area contributed by atoms with E-state index in [0.29, 0.717) is 13.8 Å². The van der Waals surface area contributed by atoms with Gasteiger partial charge in [0.1, 0.15) is 0 Å². The highest BCUT2D eigenvalue weighted by Crippen LogP contribution is 2.55. The van der Waals surface area contributed by atoms with Gasteiger partial charge in [0.2, 0.25) is 0 Å². The van der Waals surface area contributed by atoms with Crippen molar-refractivity contribution in [1.29, 1.82) is 0 Å². The molecule has 0 aliphatic heterocycles.